The molecule has 1 saturated carbocycles. The number of hydrogen-bond donors (Lipinski definition) is 10. The number of nitrogens with one attached hydrogen (secondary N) is 10. The molecule has 22 heteroatoms. The molecule has 0 aromatic heterocycles. The molecule has 4 aliphatic heterocycles. The van der Waals surface area contributed by atoms with Crippen molar-refractivity contribution in [3.8, 4) is 0 Å². The summed E-state index contributed by atoms with van der Waals surface area (Å²) < 4.78 is 12.3. The minimum absolute atomic E-state index is 0.143. The topological polar surface area (TPSA) is 282 Å². The Hall–Kier alpha value is -7.60. The number of fused-ring (bicyclic) bond motifs is 2. The zero-order chi connectivity index (χ0) is 69.2. The van der Waals surface area contributed by atoms with Crippen LogP contribution in [0.25, 0.3) is 0 Å². The molecule has 0 bridgehead atoms. The minimum atomic E-state index is -1.02. The van der Waals surface area contributed by atoms with E-state index in [9.17, 15) is 38.4 Å². The number of amides is 8. The van der Waals surface area contributed by atoms with E-state index >= 15 is 0 Å². The van der Waals surface area contributed by atoms with Crippen LogP contribution in [0, 0.1) is 23.7 Å². The fourth-order valence-electron chi connectivity index (χ4n) is 15.3. The Bertz CT molecular complexity index is 2950. The van der Waals surface area contributed by atoms with Gasteiger partial charge < -0.3 is 72.4 Å². The van der Waals surface area contributed by atoms with Crippen LogP contribution in [0.3, 0.4) is 0 Å². The molecule has 5 fully saturated rings. The standard InChI is InChI=1S/C76H108N12O10/c1-5-61(77-3)69(89)85-67-57(39-41-79-47-51-19-11-7-12-20-51)31-33-59-35-37-63(87(59)75(67)95)71(91)83-65(55-23-15-9-16-24-55)73(93)81-43-45-97-49-53-27-29-54(30-28-53)50-98-46-44-82-74(94)66(56-25-17-10-18-26-56)84-72(92)64-38-36-60-34-32-58(40-42-80-48-52-21-13-8-14-22-52)68(76(96)88(60)64)86-70(90)62(6-2)78-4/h7-26,53-54,57-68,77-80H,5-6,27-50H2,1-4H3,(H,81,93)(H,82,94)(H,83,91)(H,84,92)(H,85,89)(H,86,90)/t53?,54?,57-,58-,59+,60+,61+,62+,63+,64+,65+,66+,67+,68+/m1/s1. The van der Waals surface area contributed by atoms with Crippen molar-refractivity contribution in [2.24, 2.45) is 23.7 Å². The highest BCUT2D eigenvalue weighted by atomic mass is 16.5. The minimum Gasteiger partial charge on any atom is -0.379 e. The van der Waals surface area contributed by atoms with Gasteiger partial charge in [0.25, 0.3) is 0 Å². The molecule has 0 spiro atoms. The Labute approximate surface area is 579 Å². The number of hydrogen-bond acceptors (Lipinski definition) is 14. The highest BCUT2D eigenvalue weighted by Gasteiger charge is 2.50. The van der Waals surface area contributed by atoms with Crippen LogP contribution in [0.1, 0.15) is 151 Å². The van der Waals surface area contributed by atoms with Crippen LogP contribution in [0.2, 0.25) is 0 Å². The van der Waals surface area contributed by atoms with Gasteiger partial charge in [-0.3, -0.25) is 38.4 Å². The van der Waals surface area contributed by atoms with Gasteiger partial charge in [0.1, 0.15) is 36.3 Å². The highest BCUT2D eigenvalue weighted by Crippen LogP contribution is 2.38. The third kappa shape index (κ3) is 20.7. The lowest BCUT2D eigenvalue weighted by Gasteiger charge is -2.33. The van der Waals surface area contributed by atoms with Gasteiger partial charge in [0.2, 0.25) is 47.3 Å². The van der Waals surface area contributed by atoms with E-state index in [4.69, 9.17) is 9.47 Å². The molecule has 12 atom stereocenters. The van der Waals surface area contributed by atoms with Crippen LogP contribution >= 0.6 is 0 Å². The Morgan fingerprint density at radius 2 is 0.806 bits per heavy atom. The van der Waals surface area contributed by atoms with Crippen molar-refractivity contribution in [1.29, 1.82) is 0 Å². The Morgan fingerprint density at radius 3 is 1.16 bits per heavy atom. The van der Waals surface area contributed by atoms with Crippen molar-refractivity contribution >= 4 is 47.3 Å². The molecule has 0 unspecified atom stereocenters. The molecule has 10 N–H and O–H groups in total. The first-order valence-electron chi connectivity index (χ1n) is 36.3. The average molecular weight is 1350 g/mol. The van der Waals surface area contributed by atoms with Gasteiger partial charge in [0.15, 0.2) is 0 Å². The monoisotopic (exact) mass is 1350 g/mol. The number of rotatable bonds is 36. The van der Waals surface area contributed by atoms with E-state index in [1.807, 2.05) is 86.6 Å². The first kappa shape index (κ1) is 74.6. The Balaban J connectivity index is 0.699. The average Bonchev–Trinajstić information content (AvgIpc) is 1.63. The van der Waals surface area contributed by atoms with Gasteiger partial charge in [-0.25, -0.2) is 0 Å². The molecular weight excluding hydrogens is 1240 g/mol. The highest BCUT2D eigenvalue weighted by molar-refractivity contribution is 5.97. The van der Waals surface area contributed by atoms with E-state index in [2.05, 4.69) is 77.4 Å². The predicted octanol–water partition coefficient (Wildman–Crippen LogP) is 5.64. The van der Waals surface area contributed by atoms with Crippen LogP contribution in [-0.2, 0) is 60.9 Å². The lowest BCUT2D eigenvalue weighted by atomic mass is 9.83. The van der Waals surface area contributed by atoms with Crippen molar-refractivity contribution in [2.75, 3.05) is 66.7 Å². The van der Waals surface area contributed by atoms with Gasteiger partial charge in [0, 0.05) is 51.5 Å². The van der Waals surface area contributed by atoms with Crippen molar-refractivity contribution in [2.45, 2.75) is 190 Å². The van der Waals surface area contributed by atoms with Gasteiger partial charge >= 0.3 is 0 Å². The SMILES string of the molecule is CC[C@H](NC)C(=O)N[C@@H]1C(=O)N2[C@@H](CC[C@@H]1CCNCc1ccccc1)CC[C@H]2C(=O)N[C@H](C(=O)NCCOCC1CCC(COCCNC(=O)[C@@H](NC(=O)[C@@H]2CC[C@@H]3CC[C@H](CCNCc4ccccc4)[C@H](NC(=O)[C@H](CC)NC)C(=O)N32)c2ccccc2)CC1)c1ccccc1. The quantitative estimate of drug-likeness (QED) is 0.0247. The molecule has 0 radical (unpaired) electrons. The van der Waals surface area contributed by atoms with Crippen LogP contribution in [-0.4, -0.2) is 172 Å². The third-order valence-corrected chi connectivity index (χ3v) is 20.9. The van der Waals surface area contributed by atoms with E-state index in [0.717, 1.165) is 36.8 Å². The van der Waals surface area contributed by atoms with Gasteiger partial charge in [-0.05, 0) is 176 Å². The fourth-order valence-corrected chi connectivity index (χ4v) is 15.3. The molecule has 4 saturated heterocycles. The van der Waals surface area contributed by atoms with Crippen LogP contribution in [0.15, 0.2) is 121 Å². The smallest absolute Gasteiger partial charge is 0.247 e. The molecule has 1 aliphatic carbocycles. The van der Waals surface area contributed by atoms with Crippen molar-refractivity contribution in [3.05, 3.63) is 144 Å². The molecule has 4 aromatic rings. The van der Waals surface area contributed by atoms with Gasteiger partial charge in [-0.1, -0.05) is 135 Å². The lowest BCUT2D eigenvalue weighted by Crippen LogP contribution is -2.58. The third-order valence-electron chi connectivity index (χ3n) is 20.9. The van der Waals surface area contributed by atoms with E-state index < -0.39 is 60.1 Å². The van der Waals surface area contributed by atoms with E-state index in [-0.39, 0.29) is 85.7 Å². The summed E-state index contributed by atoms with van der Waals surface area (Å²) >= 11 is 0. The van der Waals surface area contributed by atoms with E-state index in [1.165, 1.54) is 0 Å². The predicted molar refractivity (Wildman–Crippen MR) is 376 cm³/mol. The van der Waals surface area contributed by atoms with Gasteiger partial charge in [-0.2, -0.15) is 0 Å². The van der Waals surface area contributed by atoms with E-state index in [1.54, 1.807) is 48.2 Å². The second-order valence-corrected chi connectivity index (χ2v) is 27.4. The fraction of sp³-hybridized carbons (Fsp3) is 0.579. The molecular formula is C76H108N12O10. The maximum Gasteiger partial charge on any atom is 0.247 e. The molecule has 4 heterocycles. The van der Waals surface area contributed by atoms with Crippen molar-refractivity contribution in [3.63, 3.8) is 0 Å². The van der Waals surface area contributed by atoms with Crippen LogP contribution in [0.4, 0.5) is 0 Å². The molecule has 5 aliphatic rings. The number of carbonyl (C=O) groups is 8. The molecule has 4 aromatic carbocycles. The molecule has 532 valence electrons. The summed E-state index contributed by atoms with van der Waals surface area (Å²) in [5.41, 5.74) is 3.54. The summed E-state index contributed by atoms with van der Waals surface area (Å²) in [6.07, 6.45) is 11.3. The number of nitrogens with zero attached hydrogens (tertiary/aromatic N) is 2. The summed E-state index contributed by atoms with van der Waals surface area (Å²) in [6.45, 7) is 8.64. The summed E-state index contributed by atoms with van der Waals surface area (Å²) in [5.74, 6) is -2.20. The molecule has 22 nitrogen and oxygen atoms in total. The summed E-state index contributed by atoms with van der Waals surface area (Å²) in [6, 6.07) is 31.9. The summed E-state index contributed by atoms with van der Waals surface area (Å²) in [7, 11) is 3.46. The largest absolute Gasteiger partial charge is 0.379 e. The number of benzene rings is 4. The maximum atomic E-state index is 14.8. The maximum absolute atomic E-state index is 14.8. The zero-order valence-corrected chi connectivity index (χ0v) is 58.0. The first-order valence-corrected chi connectivity index (χ1v) is 36.3. The number of likely N-dealkylation sites (N-methyl/N-ethyl adjacent to an activating group) is 2. The second-order valence-electron chi connectivity index (χ2n) is 27.4. The number of ether oxygens (including phenoxy) is 2. The van der Waals surface area contributed by atoms with Gasteiger partial charge in [-0.15, -0.1) is 0 Å². The zero-order valence-electron chi connectivity index (χ0n) is 58.0. The van der Waals surface area contributed by atoms with Gasteiger partial charge in [0.05, 0.1) is 25.3 Å². The van der Waals surface area contributed by atoms with Crippen molar-refractivity contribution < 1.29 is 47.8 Å². The summed E-state index contributed by atoms with van der Waals surface area (Å²) in [4.78, 5) is 117. The normalized spacial score (nSPS) is 24.3. The van der Waals surface area contributed by atoms with Crippen LogP contribution < -0.4 is 53.2 Å². The summed E-state index contributed by atoms with van der Waals surface area (Å²) in [5, 5.41) is 31.4. The number of carbonyl (C=O) groups excluding carboxylic acids is 8. The van der Waals surface area contributed by atoms with Crippen LogP contribution in [0.5, 0.6) is 0 Å². The first-order chi connectivity index (χ1) is 47.8. The molecule has 98 heavy (non-hydrogen) atoms. The lowest BCUT2D eigenvalue weighted by molar-refractivity contribution is -0.144. The van der Waals surface area contributed by atoms with Crippen molar-refractivity contribution in [1.82, 2.24) is 63.0 Å². The molecule has 8 amide bonds. The Kier molecular flexibility index (Phi) is 29.4. The second kappa shape index (κ2) is 38.7. The van der Waals surface area contributed by atoms with E-state index in [0.29, 0.717) is 139 Å². The molecule has 9 rings (SSSR count). The Morgan fingerprint density at radius 1 is 0.449 bits per heavy atom.